The molecule has 1 aromatic heterocycles. The van der Waals surface area contributed by atoms with E-state index in [1.807, 2.05) is 13.8 Å². The van der Waals surface area contributed by atoms with Crippen LogP contribution in [0.1, 0.15) is 22.6 Å². The van der Waals surface area contributed by atoms with Crippen molar-refractivity contribution in [2.24, 2.45) is 0 Å². The average Bonchev–Trinajstić information content (AvgIpc) is 2.65. The SMILES string of the molecule is Cc1noc(C)c1CNCc1cc(F)ccc1Cl. The van der Waals surface area contributed by atoms with Gasteiger partial charge in [0.2, 0.25) is 0 Å². The lowest BCUT2D eigenvalue weighted by atomic mass is 10.2. The standard InChI is InChI=1S/C13H14ClFN2O/c1-8-12(9(2)18-17-8)7-16-6-10-5-11(15)3-4-13(10)14/h3-5,16H,6-7H2,1-2H3. The minimum absolute atomic E-state index is 0.284. The first-order valence-corrected chi connectivity index (χ1v) is 6.02. The molecule has 0 aliphatic carbocycles. The molecule has 0 saturated carbocycles. The summed E-state index contributed by atoms with van der Waals surface area (Å²) in [5.41, 5.74) is 2.64. The first-order chi connectivity index (χ1) is 8.58. The molecular weight excluding hydrogens is 255 g/mol. The molecule has 0 bridgehead atoms. The summed E-state index contributed by atoms with van der Waals surface area (Å²) in [6, 6.07) is 4.34. The van der Waals surface area contributed by atoms with Crippen molar-refractivity contribution in [1.29, 1.82) is 0 Å². The molecule has 0 amide bonds. The maximum Gasteiger partial charge on any atom is 0.138 e. The minimum atomic E-state index is -0.284. The molecular formula is C13H14ClFN2O. The molecule has 96 valence electrons. The lowest BCUT2D eigenvalue weighted by molar-refractivity contribution is 0.392. The van der Waals surface area contributed by atoms with E-state index < -0.39 is 0 Å². The van der Waals surface area contributed by atoms with Gasteiger partial charge in [0.1, 0.15) is 11.6 Å². The summed E-state index contributed by atoms with van der Waals surface area (Å²) in [6.07, 6.45) is 0. The zero-order chi connectivity index (χ0) is 13.1. The van der Waals surface area contributed by atoms with Crippen LogP contribution in [0.25, 0.3) is 0 Å². The summed E-state index contributed by atoms with van der Waals surface area (Å²) in [5, 5.41) is 7.63. The second-order valence-electron chi connectivity index (χ2n) is 4.14. The first-order valence-electron chi connectivity index (χ1n) is 5.64. The van der Waals surface area contributed by atoms with Crippen molar-refractivity contribution in [3.8, 4) is 0 Å². The Balaban J connectivity index is 1.98. The highest BCUT2D eigenvalue weighted by atomic mass is 35.5. The Morgan fingerprint density at radius 3 is 2.78 bits per heavy atom. The Labute approximate surface area is 110 Å². The van der Waals surface area contributed by atoms with E-state index in [2.05, 4.69) is 10.5 Å². The zero-order valence-corrected chi connectivity index (χ0v) is 11.0. The van der Waals surface area contributed by atoms with Crippen molar-refractivity contribution in [3.63, 3.8) is 0 Å². The van der Waals surface area contributed by atoms with Crippen LogP contribution < -0.4 is 5.32 Å². The van der Waals surface area contributed by atoms with E-state index in [-0.39, 0.29) is 5.82 Å². The van der Waals surface area contributed by atoms with Gasteiger partial charge in [0.25, 0.3) is 0 Å². The smallest absolute Gasteiger partial charge is 0.138 e. The number of nitrogens with zero attached hydrogens (tertiary/aromatic N) is 1. The van der Waals surface area contributed by atoms with E-state index in [0.717, 1.165) is 22.6 Å². The maximum atomic E-state index is 13.1. The summed E-state index contributed by atoms with van der Waals surface area (Å²) in [6.45, 7) is 4.88. The van der Waals surface area contributed by atoms with Gasteiger partial charge in [0.15, 0.2) is 0 Å². The number of aryl methyl sites for hydroxylation is 2. The van der Waals surface area contributed by atoms with Crippen molar-refractivity contribution < 1.29 is 8.91 Å². The second-order valence-corrected chi connectivity index (χ2v) is 4.55. The van der Waals surface area contributed by atoms with Gasteiger partial charge in [-0.15, -0.1) is 0 Å². The van der Waals surface area contributed by atoms with Crippen LogP contribution >= 0.6 is 11.6 Å². The van der Waals surface area contributed by atoms with E-state index in [4.69, 9.17) is 16.1 Å². The Bertz CT molecular complexity index is 534. The molecule has 1 N–H and O–H groups in total. The minimum Gasteiger partial charge on any atom is -0.361 e. The van der Waals surface area contributed by atoms with Gasteiger partial charge in [-0.2, -0.15) is 0 Å². The fourth-order valence-corrected chi connectivity index (χ4v) is 1.94. The quantitative estimate of drug-likeness (QED) is 0.924. The predicted octanol–water partition coefficient (Wildman–Crippen LogP) is 3.37. The highest BCUT2D eigenvalue weighted by molar-refractivity contribution is 6.31. The number of halogens is 2. The molecule has 2 aromatic rings. The number of hydrogen-bond acceptors (Lipinski definition) is 3. The highest BCUT2D eigenvalue weighted by Crippen LogP contribution is 2.17. The summed E-state index contributed by atoms with van der Waals surface area (Å²) >= 11 is 5.98. The summed E-state index contributed by atoms with van der Waals surface area (Å²) in [7, 11) is 0. The molecule has 0 aliphatic rings. The fourth-order valence-electron chi connectivity index (χ4n) is 1.76. The Kier molecular flexibility index (Phi) is 3.99. The zero-order valence-electron chi connectivity index (χ0n) is 10.3. The molecule has 5 heteroatoms. The van der Waals surface area contributed by atoms with Gasteiger partial charge >= 0.3 is 0 Å². The third-order valence-corrected chi connectivity index (χ3v) is 3.17. The summed E-state index contributed by atoms with van der Waals surface area (Å²) in [5.74, 6) is 0.513. The van der Waals surface area contributed by atoms with Gasteiger partial charge in [-0.25, -0.2) is 4.39 Å². The van der Waals surface area contributed by atoms with Crippen LogP contribution in [0, 0.1) is 19.7 Å². The predicted molar refractivity (Wildman–Crippen MR) is 67.9 cm³/mol. The first kappa shape index (κ1) is 13.1. The van der Waals surface area contributed by atoms with Crippen LogP contribution in [0.2, 0.25) is 5.02 Å². The summed E-state index contributed by atoms with van der Waals surface area (Å²) < 4.78 is 18.1. The van der Waals surface area contributed by atoms with E-state index in [0.29, 0.717) is 18.1 Å². The van der Waals surface area contributed by atoms with Crippen LogP contribution in [0.4, 0.5) is 4.39 Å². The van der Waals surface area contributed by atoms with E-state index >= 15 is 0 Å². The molecule has 0 atom stereocenters. The molecule has 0 saturated heterocycles. The molecule has 0 fully saturated rings. The number of hydrogen-bond donors (Lipinski definition) is 1. The molecule has 0 radical (unpaired) electrons. The van der Waals surface area contributed by atoms with Crippen molar-refractivity contribution in [2.45, 2.75) is 26.9 Å². The molecule has 3 nitrogen and oxygen atoms in total. The van der Waals surface area contributed by atoms with E-state index in [9.17, 15) is 4.39 Å². The van der Waals surface area contributed by atoms with Gasteiger partial charge in [-0.05, 0) is 37.6 Å². The third-order valence-electron chi connectivity index (χ3n) is 2.81. The van der Waals surface area contributed by atoms with Gasteiger partial charge in [0.05, 0.1) is 5.69 Å². The number of nitrogens with one attached hydrogen (secondary N) is 1. The Morgan fingerprint density at radius 2 is 2.11 bits per heavy atom. The normalized spacial score (nSPS) is 10.9. The number of aromatic nitrogens is 1. The van der Waals surface area contributed by atoms with Crippen molar-refractivity contribution in [3.05, 3.63) is 51.6 Å². The maximum absolute atomic E-state index is 13.1. The van der Waals surface area contributed by atoms with E-state index in [1.54, 1.807) is 6.07 Å². The topological polar surface area (TPSA) is 38.1 Å². The van der Waals surface area contributed by atoms with Gasteiger partial charge in [0, 0.05) is 23.7 Å². The lowest BCUT2D eigenvalue weighted by Gasteiger charge is -2.06. The monoisotopic (exact) mass is 268 g/mol. The van der Waals surface area contributed by atoms with Gasteiger partial charge in [-0.1, -0.05) is 16.8 Å². The molecule has 1 heterocycles. The van der Waals surface area contributed by atoms with Crippen LogP contribution in [-0.4, -0.2) is 5.16 Å². The van der Waals surface area contributed by atoms with Crippen LogP contribution in [-0.2, 0) is 13.1 Å². The molecule has 0 aliphatic heterocycles. The van der Waals surface area contributed by atoms with Crippen molar-refractivity contribution in [1.82, 2.24) is 10.5 Å². The molecule has 18 heavy (non-hydrogen) atoms. The molecule has 0 unspecified atom stereocenters. The Hall–Kier alpha value is -1.39. The Morgan fingerprint density at radius 1 is 1.33 bits per heavy atom. The van der Waals surface area contributed by atoms with Crippen LogP contribution in [0.5, 0.6) is 0 Å². The number of benzene rings is 1. The van der Waals surface area contributed by atoms with Gasteiger partial charge in [-0.3, -0.25) is 0 Å². The van der Waals surface area contributed by atoms with Crippen molar-refractivity contribution >= 4 is 11.6 Å². The van der Waals surface area contributed by atoms with Crippen LogP contribution in [0.15, 0.2) is 22.7 Å². The van der Waals surface area contributed by atoms with Gasteiger partial charge < -0.3 is 9.84 Å². The molecule has 1 aromatic carbocycles. The molecule has 0 spiro atoms. The van der Waals surface area contributed by atoms with E-state index in [1.165, 1.54) is 12.1 Å². The van der Waals surface area contributed by atoms with Crippen LogP contribution in [0.3, 0.4) is 0 Å². The molecule has 2 rings (SSSR count). The highest BCUT2D eigenvalue weighted by Gasteiger charge is 2.08. The lowest BCUT2D eigenvalue weighted by Crippen LogP contribution is -2.14. The number of rotatable bonds is 4. The second kappa shape index (κ2) is 5.50. The largest absolute Gasteiger partial charge is 0.361 e. The fraction of sp³-hybridized carbons (Fsp3) is 0.308. The summed E-state index contributed by atoms with van der Waals surface area (Å²) in [4.78, 5) is 0. The third kappa shape index (κ3) is 2.89. The van der Waals surface area contributed by atoms with Crippen molar-refractivity contribution in [2.75, 3.05) is 0 Å². The average molecular weight is 269 g/mol.